The Labute approximate surface area is 415 Å². The number of hydrogen-bond acceptors (Lipinski definition) is 15. The average molecular weight is 987 g/mol. The van der Waals surface area contributed by atoms with Crippen LogP contribution in [0.1, 0.15) is 213 Å². The van der Waals surface area contributed by atoms with E-state index in [9.17, 15) is 45.3 Å². The minimum absolute atomic E-state index is 0.157. The monoisotopic (exact) mass is 987 g/mol. The molecule has 0 saturated carbocycles. The van der Waals surface area contributed by atoms with Crippen LogP contribution in [0, 0.1) is 0 Å². The van der Waals surface area contributed by atoms with E-state index < -0.39 is 99.3 Å². The van der Waals surface area contributed by atoms with Gasteiger partial charge in [-0.3, -0.25) is 9.59 Å². The van der Waals surface area contributed by atoms with E-state index in [4.69, 9.17) is 28.4 Å². The number of aliphatic hydroxyl groups excluding tert-OH is 7. The third-order valence-corrected chi connectivity index (χ3v) is 13.2. The number of esters is 2. The summed E-state index contributed by atoms with van der Waals surface area (Å²) in [6.07, 6.45) is 26.4. The molecule has 0 radical (unpaired) electrons. The van der Waals surface area contributed by atoms with Crippen molar-refractivity contribution in [3.63, 3.8) is 0 Å². The Bertz CT molecular complexity index is 1300. The number of carbonyl (C=O) groups is 2. The molecule has 0 spiro atoms. The summed E-state index contributed by atoms with van der Waals surface area (Å²) < 4.78 is 33.6. The molecule has 69 heavy (non-hydrogen) atoms. The van der Waals surface area contributed by atoms with Crippen molar-refractivity contribution >= 4 is 11.9 Å². The van der Waals surface area contributed by atoms with Crippen LogP contribution < -0.4 is 0 Å². The normalized spacial score (nSPS) is 25.7. The van der Waals surface area contributed by atoms with Gasteiger partial charge in [0.25, 0.3) is 0 Å². The lowest BCUT2D eigenvalue weighted by Crippen LogP contribution is -2.61. The predicted molar refractivity (Wildman–Crippen MR) is 266 cm³/mol. The molecule has 2 aliphatic rings. The fourth-order valence-electron chi connectivity index (χ4n) is 8.67. The third kappa shape index (κ3) is 29.3. The molecule has 2 heterocycles. The smallest absolute Gasteiger partial charge is 0.306 e. The standard InChI is InChI=1S/C54H98O15/c1-3-5-7-9-11-13-15-17-19-21-23-24-26-28-30-32-34-36-45(56)64-39-42(67-46(57)37-35-33-31-29-27-25-22-20-18-16-14-12-10-8-6-4-2)40-65-53-52(63)50(61)48(59)44(69-53)41-66-54-51(62)49(60)47(58)43(38-55)68-54/h23-24,28,30,42-44,47-55,58-63H,3-22,25-27,29,31-41H2,1-2H3/b24-23+,30-28+/t42-,43+,44+,47-,48-,49?,50?,51?,52?,53+,54+/m0/s1. The first-order valence-corrected chi connectivity index (χ1v) is 27.4. The van der Waals surface area contributed by atoms with Gasteiger partial charge in [-0.2, -0.15) is 0 Å². The molecule has 4 unspecified atom stereocenters. The summed E-state index contributed by atoms with van der Waals surface area (Å²) in [6.45, 7) is 2.58. The molecule has 15 heteroatoms. The first-order chi connectivity index (χ1) is 33.5. The topological polar surface area (TPSA) is 231 Å². The van der Waals surface area contributed by atoms with Crippen LogP contribution in [0.4, 0.5) is 0 Å². The van der Waals surface area contributed by atoms with Crippen molar-refractivity contribution in [1.82, 2.24) is 0 Å². The molecule has 2 aliphatic heterocycles. The van der Waals surface area contributed by atoms with Gasteiger partial charge in [-0.1, -0.05) is 186 Å². The van der Waals surface area contributed by atoms with Crippen LogP contribution in [0.3, 0.4) is 0 Å². The summed E-state index contributed by atoms with van der Waals surface area (Å²) in [5.41, 5.74) is 0. The van der Waals surface area contributed by atoms with E-state index in [1.807, 2.05) is 0 Å². The zero-order valence-corrected chi connectivity index (χ0v) is 42.8. The summed E-state index contributed by atoms with van der Waals surface area (Å²) in [6, 6.07) is 0. The summed E-state index contributed by atoms with van der Waals surface area (Å²) in [4.78, 5) is 25.8. The number of allylic oxidation sites excluding steroid dienone is 4. The Hall–Kier alpha value is -2.02. The highest BCUT2D eigenvalue weighted by molar-refractivity contribution is 5.70. The minimum atomic E-state index is -1.77. The molecule has 0 aromatic rings. The minimum Gasteiger partial charge on any atom is -0.462 e. The van der Waals surface area contributed by atoms with Gasteiger partial charge in [0.05, 0.1) is 19.8 Å². The number of aliphatic hydroxyl groups is 7. The molecule has 0 aliphatic carbocycles. The van der Waals surface area contributed by atoms with Gasteiger partial charge >= 0.3 is 11.9 Å². The molecular formula is C54H98O15. The molecular weight excluding hydrogens is 889 g/mol. The quantitative estimate of drug-likeness (QED) is 0.0173. The SMILES string of the molecule is CCCCCCCCCCC/C=C/C/C=C/CCCC(=O)OC[C@@H](CO[C@@H]1O[C@H](CO[C@@H]2O[C@H](CO)[C@H](O)C(O)C2O)[C@H](O)C(O)C1O)OC(=O)CCCCCCCCCCCCCCCCCC. The average Bonchev–Trinajstić information content (AvgIpc) is 3.34. The maximum absolute atomic E-state index is 13.0. The van der Waals surface area contributed by atoms with Gasteiger partial charge in [0.2, 0.25) is 0 Å². The molecule has 11 atom stereocenters. The Balaban J connectivity index is 1.80. The summed E-state index contributed by atoms with van der Waals surface area (Å²) in [7, 11) is 0. The van der Waals surface area contributed by atoms with Crippen LogP contribution in [0.5, 0.6) is 0 Å². The molecule has 0 aromatic heterocycles. The lowest BCUT2D eigenvalue weighted by molar-refractivity contribution is -0.332. The number of unbranched alkanes of at least 4 members (excludes halogenated alkanes) is 25. The van der Waals surface area contributed by atoms with E-state index in [-0.39, 0.29) is 19.4 Å². The van der Waals surface area contributed by atoms with E-state index in [0.717, 1.165) is 32.1 Å². The van der Waals surface area contributed by atoms with E-state index in [0.29, 0.717) is 19.3 Å². The number of rotatable bonds is 43. The first-order valence-electron chi connectivity index (χ1n) is 27.4. The number of carbonyl (C=O) groups excluding carboxylic acids is 2. The largest absolute Gasteiger partial charge is 0.462 e. The fourth-order valence-corrected chi connectivity index (χ4v) is 8.67. The Morgan fingerprint density at radius 3 is 1.39 bits per heavy atom. The predicted octanol–water partition coefficient (Wildman–Crippen LogP) is 8.33. The van der Waals surface area contributed by atoms with Crippen LogP contribution in [0.15, 0.2) is 24.3 Å². The van der Waals surface area contributed by atoms with Gasteiger partial charge in [0, 0.05) is 12.8 Å². The zero-order valence-electron chi connectivity index (χ0n) is 42.8. The maximum atomic E-state index is 13.0. The van der Waals surface area contributed by atoms with Gasteiger partial charge in [-0.05, 0) is 38.5 Å². The van der Waals surface area contributed by atoms with Crippen molar-refractivity contribution < 1.29 is 73.8 Å². The van der Waals surface area contributed by atoms with Crippen molar-refractivity contribution in [2.45, 2.75) is 280 Å². The highest BCUT2D eigenvalue weighted by Gasteiger charge is 2.47. The van der Waals surface area contributed by atoms with E-state index >= 15 is 0 Å². The van der Waals surface area contributed by atoms with Crippen molar-refractivity contribution in [2.75, 3.05) is 26.4 Å². The molecule has 2 saturated heterocycles. The van der Waals surface area contributed by atoms with Gasteiger partial charge in [0.1, 0.15) is 55.4 Å². The van der Waals surface area contributed by atoms with Crippen molar-refractivity contribution in [1.29, 1.82) is 0 Å². The summed E-state index contributed by atoms with van der Waals surface area (Å²) in [5, 5.41) is 72.1. The second-order valence-electron chi connectivity index (χ2n) is 19.4. The lowest BCUT2D eigenvalue weighted by atomic mass is 9.98. The second kappa shape index (κ2) is 41.5. The molecule has 0 amide bonds. The van der Waals surface area contributed by atoms with Gasteiger partial charge in [-0.15, -0.1) is 0 Å². The Morgan fingerprint density at radius 1 is 0.464 bits per heavy atom. The molecule has 404 valence electrons. The van der Waals surface area contributed by atoms with Crippen molar-refractivity contribution in [3.8, 4) is 0 Å². The third-order valence-electron chi connectivity index (χ3n) is 13.2. The van der Waals surface area contributed by atoms with Crippen LogP contribution in [0.25, 0.3) is 0 Å². The zero-order chi connectivity index (χ0) is 50.3. The molecule has 15 nitrogen and oxygen atoms in total. The van der Waals surface area contributed by atoms with Crippen LogP contribution in [0.2, 0.25) is 0 Å². The van der Waals surface area contributed by atoms with Gasteiger partial charge in [-0.25, -0.2) is 0 Å². The van der Waals surface area contributed by atoms with Crippen LogP contribution >= 0.6 is 0 Å². The second-order valence-corrected chi connectivity index (χ2v) is 19.4. The van der Waals surface area contributed by atoms with E-state index in [1.165, 1.54) is 135 Å². The number of ether oxygens (including phenoxy) is 6. The first kappa shape index (κ1) is 63.1. The molecule has 0 aromatic carbocycles. The van der Waals surface area contributed by atoms with E-state index in [1.54, 1.807) is 0 Å². The van der Waals surface area contributed by atoms with Gasteiger partial charge < -0.3 is 64.2 Å². The molecule has 7 N–H and O–H groups in total. The molecule has 2 rings (SSSR count). The lowest BCUT2D eigenvalue weighted by Gasteiger charge is -2.42. The summed E-state index contributed by atoms with van der Waals surface area (Å²) >= 11 is 0. The Kier molecular flexibility index (Phi) is 37.9. The highest BCUT2D eigenvalue weighted by Crippen LogP contribution is 2.27. The van der Waals surface area contributed by atoms with E-state index in [2.05, 4.69) is 38.2 Å². The Morgan fingerprint density at radius 2 is 0.884 bits per heavy atom. The van der Waals surface area contributed by atoms with Gasteiger partial charge in [0.15, 0.2) is 18.7 Å². The van der Waals surface area contributed by atoms with Crippen molar-refractivity contribution in [3.05, 3.63) is 24.3 Å². The van der Waals surface area contributed by atoms with Crippen molar-refractivity contribution in [2.24, 2.45) is 0 Å². The number of hydrogen-bond donors (Lipinski definition) is 7. The molecule has 0 bridgehead atoms. The van der Waals surface area contributed by atoms with Crippen LogP contribution in [-0.2, 0) is 38.0 Å². The fraction of sp³-hybridized carbons (Fsp3) is 0.889. The maximum Gasteiger partial charge on any atom is 0.306 e. The highest BCUT2D eigenvalue weighted by atomic mass is 16.7. The van der Waals surface area contributed by atoms with Crippen LogP contribution in [-0.4, -0.2) is 142 Å². The summed E-state index contributed by atoms with van der Waals surface area (Å²) in [5.74, 6) is -0.968. The molecule has 2 fully saturated rings.